The van der Waals surface area contributed by atoms with Crippen LogP contribution in [0.5, 0.6) is 0 Å². The van der Waals surface area contributed by atoms with E-state index in [1.807, 2.05) is 12.1 Å². The maximum absolute atomic E-state index is 11.2. The number of carbonyl (C=O) groups excluding carboxylic acids is 1. The normalized spacial score (nSPS) is 11.0. The Morgan fingerprint density at radius 3 is 1.94 bits per heavy atom. The Kier molecular flexibility index (Phi) is 3.51. The third kappa shape index (κ3) is 3.03. The molecule has 0 aromatic heterocycles. The fourth-order valence-corrected chi connectivity index (χ4v) is 1.43. The van der Waals surface area contributed by atoms with Gasteiger partial charge in [-0.15, -0.1) is 0 Å². The summed E-state index contributed by atoms with van der Waals surface area (Å²) in [6, 6.07) is 7.22. The van der Waals surface area contributed by atoms with Crippen LogP contribution in [0.15, 0.2) is 30.8 Å². The van der Waals surface area contributed by atoms with Crippen LogP contribution < -0.4 is 0 Å². The van der Waals surface area contributed by atoms with Crippen LogP contribution in [0.3, 0.4) is 0 Å². The van der Waals surface area contributed by atoms with Gasteiger partial charge in [0.05, 0.1) is 0 Å². The van der Waals surface area contributed by atoms with Gasteiger partial charge in [0.2, 0.25) is 0 Å². The topological polar surface area (TPSA) is 54.4 Å². The number of carbonyl (C=O) groups is 2. The number of benzene rings is 1. The third-order valence-corrected chi connectivity index (χ3v) is 2.57. The zero-order chi connectivity index (χ0) is 13.2. The standard InChI is InChI=1S/C14H16O3/c1-9(12(15)13(16)17)10-5-7-11(8-6-10)14(2,3)4/h5-8H,1H2,2-4H3,(H,16,17). The average Bonchev–Trinajstić information content (AvgIpc) is 2.26. The van der Waals surface area contributed by atoms with E-state index in [2.05, 4.69) is 27.4 Å². The quantitative estimate of drug-likeness (QED) is 0.644. The Labute approximate surface area is 101 Å². The van der Waals surface area contributed by atoms with Crippen molar-refractivity contribution in [3.63, 3.8) is 0 Å². The molecule has 0 aliphatic rings. The highest BCUT2D eigenvalue weighted by molar-refractivity contribution is 6.50. The molecule has 0 radical (unpaired) electrons. The van der Waals surface area contributed by atoms with E-state index in [1.54, 1.807) is 12.1 Å². The molecule has 0 unspecified atom stereocenters. The minimum atomic E-state index is -1.48. The van der Waals surface area contributed by atoms with Gasteiger partial charge in [-0.2, -0.15) is 0 Å². The molecule has 0 aliphatic carbocycles. The van der Waals surface area contributed by atoms with Crippen molar-refractivity contribution in [1.29, 1.82) is 0 Å². The number of hydrogen-bond acceptors (Lipinski definition) is 2. The predicted molar refractivity (Wildman–Crippen MR) is 66.8 cm³/mol. The number of aliphatic carboxylic acids is 1. The highest BCUT2D eigenvalue weighted by Gasteiger charge is 2.18. The molecule has 0 bridgehead atoms. The summed E-state index contributed by atoms with van der Waals surface area (Å²) in [4.78, 5) is 21.8. The summed E-state index contributed by atoms with van der Waals surface area (Å²) in [5.41, 5.74) is 1.71. The van der Waals surface area contributed by atoms with Crippen molar-refractivity contribution >= 4 is 17.3 Å². The molecule has 1 rings (SSSR count). The minimum Gasteiger partial charge on any atom is -0.475 e. The highest BCUT2D eigenvalue weighted by atomic mass is 16.4. The second kappa shape index (κ2) is 4.53. The first-order valence-electron chi connectivity index (χ1n) is 5.31. The van der Waals surface area contributed by atoms with Crippen molar-refractivity contribution in [3.8, 4) is 0 Å². The van der Waals surface area contributed by atoms with E-state index in [4.69, 9.17) is 5.11 Å². The second-order valence-electron chi connectivity index (χ2n) is 4.94. The number of hydrogen-bond donors (Lipinski definition) is 1. The van der Waals surface area contributed by atoms with Crippen molar-refractivity contribution < 1.29 is 14.7 Å². The van der Waals surface area contributed by atoms with Crippen molar-refractivity contribution in [2.45, 2.75) is 26.2 Å². The molecule has 0 heterocycles. The summed E-state index contributed by atoms with van der Waals surface area (Å²) in [6.07, 6.45) is 0. The van der Waals surface area contributed by atoms with Crippen LogP contribution in [0.4, 0.5) is 0 Å². The molecule has 0 fully saturated rings. The van der Waals surface area contributed by atoms with E-state index in [0.29, 0.717) is 5.56 Å². The van der Waals surface area contributed by atoms with E-state index in [9.17, 15) is 9.59 Å². The largest absolute Gasteiger partial charge is 0.475 e. The molecule has 0 atom stereocenters. The fourth-order valence-electron chi connectivity index (χ4n) is 1.43. The van der Waals surface area contributed by atoms with E-state index in [-0.39, 0.29) is 11.0 Å². The van der Waals surface area contributed by atoms with Crippen LogP contribution in [-0.4, -0.2) is 16.9 Å². The van der Waals surface area contributed by atoms with E-state index in [0.717, 1.165) is 5.56 Å². The van der Waals surface area contributed by atoms with Gasteiger partial charge in [-0.05, 0) is 16.5 Å². The summed E-state index contributed by atoms with van der Waals surface area (Å²) in [5, 5.41) is 8.59. The Morgan fingerprint density at radius 2 is 1.59 bits per heavy atom. The SMILES string of the molecule is C=C(C(=O)C(=O)O)c1ccc(C(C)(C)C)cc1. The van der Waals surface area contributed by atoms with Crippen LogP contribution in [0.1, 0.15) is 31.9 Å². The third-order valence-electron chi connectivity index (χ3n) is 2.57. The maximum Gasteiger partial charge on any atom is 0.377 e. The van der Waals surface area contributed by atoms with Gasteiger partial charge in [0.25, 0.3) is 5.78 Å². The summed E-state index contributed by atoms with van der Waals surface area (Å²) in [6.45, 7) is 9.76. The first-order valence-corrected chi connectivity index (χ1v) is 5.31. The zero-order valence-corrected chi connectivity index (χ0v) is 10.3. The lowest BCUT2D eigenvalue weighted by Gasteiger charge is -2.19. The molecule has 0 amide bonds. The average molecular weight is 232 g/mol. The number of Topliss-reactive ketones (excluding diaryl/α,β-unsaturated/α-hetero) is 1. The molecule has 17 heavy (non-hydrogen) atoms. The first-order chi connectivity index (χ1) is 7.73. The predicted octanol–water partition coefficient (Wildman–Crippen LogP) is 2.65. The molecule has 0 saturated heterocycles. The van der Waals surface area contributed by atoms with Gasteiger partial charge in [0, 0.05) is 5.57 Å². The summed E-state index contributed by atoms with van der Waals surface area (Å²) >= 11 is 0. The van der Waals surface area contributed by atoms with E-state index in [1.165, 1.54) is 0 Å². The summed E-state index contributed by atoms with van der Waals surface area (Å²) < 4.78 is 0. The molecule has 0 saturated carbocycles. The zero-order valence-electron chi connectivity index (χ0n) is 10.3. The summed E-state index contributed by atoms with van der Waals surface area (Å²) in [7, 11) is 0. The minimum absolute atomic E-state index is 0.0120. The van der Waals surface area contributed by atoms with Gasteiger partial charge >= 0.3 is 5.97 Å². The van der Waals surface area contributed by atoms with E-state index >= 15 is 0 Å². The van der Waals surface area contributed by atoms with Crippen molar-refractivity contribution in [3.05, 3.63) is 42.0 Å². The van der Waals surface area contributed by atoms with Crippen LogP contribution in [-0.2, 0) is 15.0 Å². The molecule has 0 spiro atoms. The molecule has 1 aromatic carbocycles. The lowest BCUT2D eigenvalue weighted by molar-refractivity contribution is -0.146. The Bertz CT molecular complexity index is 461. The second-order valence-corrected chi connectivity index (χ2v) is 4.94. The van der Waals surface area contributed by atoms with Crippen LogP contribution in [0.25, 0.3) is 5.57 Å². The smallest absolute Gasteiger partial charge is 0.377 e. The van der Waals surface area contributed by atoms with Crippen molar-refractivity contribution in [1.82, 2.24) is 0 Å². The first kappa shape index (κ1) is 13.2. The number of carboxylic acid groups (broad SMARTS) is 1. The lowest BCUT2D eigenvalue weighted by Crippen LogP contribution is -2.14. The Balaban J connectivity index is 3.00. The van der Waals surface area contributed by atoms with Gasteiger partial charge < -0.3 is 5.11 Å². The van der Waals surface area contributed by atoms with Gasteiger partial charge in [0.1, 0.15) is 0 Å². The van der Waals surface area contributed by atoms with Gasteiger partial charge in [0.15, 0.2) is 0 Å². The number of carboxylic acids is 1. The molecule has 1 aromatic rings. The summed E-state index contributed by atoms with van der Waals surface area (Å²) in [5.74, 6) is -2.44. The molecule has 1 N–H and O–H groups in total. The molecular formula is C14H16O3. The molecule has 3 nitrogen and oxygen atoms in total. The number of rotatable bonds is 3. The molecule has 3 heteroatoms. The lowest BCUT2D eigenvalue weighted by atomic mass is 9.86. The fraction of sp³-hybridized carbons (Fsp3) is 0.286. The van der Waals surface area contributed by atoms with E-state index < -0.39 is 11.8 Å². The molecule has 0 aliphatic heterocycles. The van der Waals surface area contributed by atoms with Gasteiger partial charge in [-0.25, -0.2) is 4.79 Å². The number of ketones is 1. The molecule has 90 valence electrons. The monoisotopic (exact) mass is 232 g/mol. The van der Waals surface area contributed by atoms with Gasteiger partial charge in [-0.1, -0.05) is 51.6 Å². The molecular weight excluding hydrogens is 216 g/mol. The van der Waals surface area contributed by atoms with Crippen molar-refractivity contribution in [2.24, 2.45) is 0 Å². The van der Waals surface area contributed by atoms with Crippen LogP contribution in [0, 0.1) is 0 Å². The van der Waals surface area contributed by atoms with Gasteiger partial charge in [-0.3, -0.25) is 4.79 Å². The van der Waals surface area contributed by atoms with Crippen molar-refractivity contribution in [2.75, 3.05) is 0 Å². The Hall–Kier alpha value is -1.90. The highest BCUT2D eigenvalue weighted by Crippen LogP contribution is 2.24. The van der Waals surface area contributed by atoms with Crippen LogP contribution >= 0.6 is 0 Å². The maximum atomic E-state index is 11.2. The Morgan fingerprint density at radius 1 is 1.12 bits per heavy atom. The van der Waals surface area contributed by atoms with Crippen LogP contribution in [0.2, 0.25) is 0 Å².